The number of hydrogen-bond acceptors (Lipinski definition) is 3. The smallest absolute Gasteiger partial charge is 0.248 e. The van der Waals surface area contributed by atoms with Crippen molar-refractivity contribution >= 4 is 28.9 Å². The monoisotopic (exact) mass is 472 g/mol. The molecule has 0 unspecified atom stereocenters. The molecule has 5 heteroatoms. The predicted octanol–water partition coefficient (Wildman–Crippen LogP) is 7.89. The zero-order valence-corrected chi connectivity index (χ0v) is 21.7. The molecule has 3 rings (SSSR count). The molecule has 2 aromatic rings. The minimum absolute atomic E-state index is 0.449. The molecule has 2 aromatic carbocycles. The molecule has 3 N–H and O–H groups in total. The molecule has 0 spiro atoms. The summed E-state index contributed by atoms with van der Waals surface area (Å²) in [5, 5.41) is 10.8. The standard InChI is InChI=1S/C15H22ClN.C11H13NO2.C2H6/c1-4-6-8-14(7-5-2)17-15-10-9-13(16)11-12(15)3;12-10(13)8-3-1-4-9(7-8)11(14)5-2-6-11;1-2/h9-11H,4-8H2,1-3H3;1,3-4,7,14H,2,5-6H2,(H2,12,13);1-2H3. The Bertz CT molecular complexity index is 905. The number of nitrogens with zero attached hydrogens (tertiary/aromatic N) is 1. The molecule has 0 atom stereocenters. The lowest BCUT2D eigenvalue weighted by molar-refractivity contribution is -0.0388. The maximum atomic E-state index is 10.9. The van der Waals surface area contributed by atoms with E-state index < -0.39 is 11.5 Å². The highest BCUT2D eigenvalue weighted by Crippen LogP contribution is 2.41. The molecule has 0 heterocycles. The fourth-order valence-electron chi connectivity index (χ4n) is 3.58. The summed E-state index contributed by atoms with van der Waals surface area (Å²) in [7, 11) is 0. The van der Waals surface area contributed by atoms with E-state index in [0.29, 0.717) is 5.56 Å². The summed E-state index contributed by atoms with van der Waals surface area (Å²) in [6.45, 7) is 10.5. The highest BCUT2D eigenvalue weighted by atomic mass is 35.5. The number of nitrogens with two attached hydrogens (primary N) is 1. The Morgan fingerprint density at radius 3 is 2.30 bits per heavy atom. The lowest BCUT2D eigenvalue weighted by atomic mass is 9.75. The Morgan fingerprint density at radius 2 is 1.79 bits per heavy atom. The van der Waals surface area contributed by atoms with Crippen LogP contribution in [0.1, 0.15) is 101 Å². The van der Waals surface area contributed by atoms with Crippen molar-refractivity contribution < 1.29 is 9.90 Å². The number of carbonyl (C=O) groups excluding carboxylic acids is 1. The maximum absolute atomic E-state index is 10.9. The highest BCUT2D eigenvalue weighted by Gasteiger charge is 2.36. The van der Waals surface area contributed by atoms with Crippen molar-refractivity contribution in [2.75, 3.05) is 0 Å². The first kappa shape index (κ1) is 28.9. The largest absolute Gasteiger partial charge is 0.385 e. The predicted molar refractivity (Wildman–Crippen MR) is 142 cm³/mol. The van der Waals surface area contributed by atoms with Gasteiger partial charge in [0.05, 0.1) is 11.3 Å². The average molecular weight is 473 g/mol. The summed E-state index contributed by atoms with van der Waals surface area (Å²) < 4.78 is 0. The molecule has 0 bridgehead atoms. The van der Waals surface area contributed by atoms with Crippen molar-refractivity contribution in [1.82, 2.24) is 0 Å². The lowest BCUT2D eigenvalue weighted by Gasteiger charge is -2.37. The molecule has 1 aliphatic rings. The summed E-state index contributed by atoms with van der Waals surface area (Å²) in [5.74, 6) is -0.449. The molecule has 1 fully saturated rings. The number of rotatable bonds is 8. The van der Waals surface area contributed by atoms with Gasteiger partial charge in [-0.1, -0.05) is 64.3 Å². The normalized spacial score (nSPS) is 14.2. The van der Waals surface area contributed by atoms with E-state index in [9.17, 15) is 9.90 Å². The lowest BCUT2D eigenvalue weighted by Crippen LogP contribution is -2.33. The molecule has 0 aliphatic heterocycles. The summed E-state index contributed by atoms with van der Waals surface area (Å²) in [6.07, 6.45) is 8.42. The van der Waals surface area contributed by atoms with Gasteiger partial charge in [0, 0.05) is 16.3 Å². The molecule has 1 amide bonds. The highest BCUT2D eigenvalue weighted by molar-refractivity contribution is 6.30. The van der Waals surface area contributed by atoms with Crippen molar-refractivity contribution in [1.29, 1.82) is 0 Å². The second-order valence-corrected chi connectivity index (χ2v) is 8.73. The molecule has 1 aliphatic carbocycles. The van der Waals surface area contributed by atoms with Gasteiger partial charge in [-0.15, -0.1) is 0 Å². The van der Waals surface area contributed by atoms with Crippen LogP contribution in [0.2, 0.25) is 5.02 Å². The van der Waals surface area contributed by atoms with Crippen LogP contribution in [0.25, 0.3) is 0 Å². The number of primary amides is 1. The summed E-state index contributed by atoms with van der Waals surface area (Å²) >= 11 is 5.95. The molecular weight excluding hydrogens is 432 g/mol. The van der Waals surface area contributed by atoms with Crippen LogP contribution in [-0.2, 0) is 5.60 Å². The van der Waals surface area contributed by atoms with Gasteiger partial charge in [0.15, 0.2) is 0 Å². The molecular formula is C28H41ClN2O2. The van der Waals surface area contributed by atoms with Crippen LogP contribution in [0.3, 0.4) is 0 Å². The number of amides is 1. The van der Waals surface area contributed by atoms with E-state index in [4.69, 9.17) is 22.3 Å². The third kappa shape index (κ3) is 9.30. The van der Waals surface area contributed by atoms with Gasteiger partial charge in [0.1, 0.15) is 0 Å². The van der Waals surface area contributed by atoms with Gasteiger partial charge >= 0.3 is 0 Å². The van der Waals surface area contributed by atoms with E-state index in [-0.39, 0.29) is 0 Å². The number of aryl methyl sites for hydroxylation is 1. The van der Waals surface area contributed by atoms with Crippen LogP contribution < -0.4 is 5.73 Å². The van der Waals surface area contributed by atoms with E-state index >= 15 is 0 Å². The van der Waals surface area contributed by atoms with Crippen molar-refractivity contribution in [3.05, 3.63) is 64.2 Å². The number of aliphatic hydroxyl groups is 1. The molecule has 0 saturated heterocycles. The SMILES string of the molecule is CC.CCCCC(CCC)=Nc1ccc(Cl)cc1C.NC(=O)c1cccc(C2(O)CCC2)c1. The van der Waals surface area contributed by atoms with E-state index in [1.165, 1.54) is 18.6 Å². The second kappa shape index (κ2) is 14.9. The number of aliphatic imine (C=N–C) groups is 1. The van der Waals surface area contributed by atoms with Gasteiger partial charge in [0.25, 0.3) is 0 Å². The molecule has 0 aromatic heterocycles. The molecule has 1 saturated carbocycles. The van der Waals surface area contributed by atoms with Crippen LogP contribution in [0.5, 0.6) is 0 Å². The zero-order valence-electron chi connectivity index (χ0n) is 21.0. The van der Waals surface area contributed by atoms with E-state index in [2.05, 4.69) is 20.8 Å². The van der Waals surface area contributed by atoms with Crippen LogP contribution in [0.15, 0.2) is 47.5 Å². The van der Waals surface area contributed by atoms with Gasteiger partial charge in [-0.3, -0.25) is 9.79 Å². The van der Waals surface area contributed by atoms with Crippen molar-refractivity contribution in [3.63, 3.8) is 0 Å². The first-order valence-electron chi connectivity index (χ1n) is 12.2. The van der Waals surface area contributed by atoms with Gasteiger partial charge in [0.2, 0.25) is 5.91 Å². The first-order valence-corrected chi connectivity index (χ1v) is 12.6. The average Bonchev–Trinajstić information content (AvgIpc) is 2.79. The van der Waals surface area contributed by atoms with Crippen molar-refractivity contribution in [3.8, 4) is 0 Å². The van der Waals surface area contributed by atoms with E-state index in [0.717, 1.165) is 60.4 Å². The van der Waals surface area contributed by atoms with Crippen LogP contribution in [-0.4, -0.2) is 16.7 Å². The van der Waals surface area contributed by atoms with Gasteiger partial charge in [-0.25, -0.2) is 0 Å². The van der Waals surface area contributed by atoms with Crippen LogP contribution in [0, 0.1) is 6.92 Å². The van der Waals surface area contributed by atoms with Crippen LogP contribution in [0.4, 0.5) is 5.69 Å². The summed E-state index contributed by atoms with van der Waals surface area (Å²) in [4.78, 5) is 15.7. The zero-order chi connectivity index (χ0) is 24.9. The quantitative estimate of drug-likeness (QED) is 0.383. The first-order chi connectivity index (χ1) is 15.8. The minimum Gasteiger partial charge on any atom is -0.385 e. The summed E-state index contributed by atoms with van der Waals surface area (Å²) in [5.41, 5.74) is 9.25. The van der Waals surface area contributed by atoms with E-state index in [1.807, 2.05) is 38.1 Å². The Labute approximate surface area is 205 Å². The third-order valence-electron chi connectivity index (χ3n) is 5.66. The maximum Gasteiger partial charge on any atom is 0.248 e. The van der Waals surface area contributed by atoms with Crippen LogP contribution >= 0.6 is 11.6 Å². The molecule has 182 valence electrons. The Kier molecular flexibility index (Phi) is 13.0. The number of benzene rings is 2. The van der Waals surface area contributed by atoms with Crippen molar-refractivity contribution in [2.24, 2.45) is 10.7 Å². The Morgan fingerprint density at radius 1 is 1.09 bits per heavy atom. The third-order valence-corrected chi connectivity index (χ3v) is 5.90. The number of hydrogen-bond donors (Lipinski definition) is 2. The fourth-order valence-corrected chi connectivity index (χ4v) is 3.81. The Balaban J connectivity index is 0.000000311. The summed E-state index contributed by atoms with van der Waals surface area (Å²) in [6, 6.07) is 12.8. The van der Waals surface area contributed by atoms with Crippen molar-refractivity contribution in [2.45, 2.75) is 91.6 Å². The molecule has 33 heavy (non-hydrogen) atoms. The second-order valence-electron chi connectivity index (χ2n) is 8.29. The number of unbranched alkanes of at least 4 members (excludes halogenated alkanes) is 1. The molecule has 0 radical (unpaired) electrons. The Hall–Kier alpha value is -2.17. The fraction of sp³-hybridized carbons (Fsp3) is 0.500. The van der Waals surface area contributed by atoms with Gasteiger partial charge in [-0.2, -0.15) is 0 Å². The number of halogens is 1. The topological polar surface area (TPSA) is 75.7 Å². The van der Waals surface area contributed by atoms with Gasteiger partial charge in [-0.05, 0) is 86.9 Å². The van der Waals surface area contributed by atoms with E-state index in [1.54, 1.807) is 18.2 Å². The molecule has 4 nitrogen and oxygen atoms in total. The van der Waals surface area contributed by atoms with Gasteiger partial charge < -0.3 is 10.8 Å². The number of carbonyl (C=O) groups is 1. The minimum atomic E-state index is -0.717.